The molecule has 1 unspecified atom stereocenters. The van der Waals surface area contributed by atoms with Gasteiger partial charge >= 0.3 is 0 Å². The summed E-state index contributed by atoms with van der Waals surface area (Å²) < 4.78 is 11.0. The summed E-state index contributed by atoms with van der Waals surface area (Å²) in [7, 11) is 3.31. The highest BCUT2D eigenvalue weighted by Crippen LogP contribution is 2.37. The van der Waals surface area contributed by atoms with Crippen molar-refractivity contribution in [2.75, 3.05) is 37.5 Å². The number of rotatable bonds is 5. The molecule has 2 atom stereocenters. The van der Waals surface area contributed by atoms with E-state index in [-0.39, 0.29) is 17.9 Å². The van der Waals surface area contributed by atoms with E-state index in [0.29, 0.717) is 12.2 Å². The van der Waals surface area contributed by atoms with Gasteiger partial charge in [0.2, 0.25) is 5.91 Å². The first-order valence-corrected chi connectivity index (χ1v) is 10.7. The number of likely N-dealkylation sites (tertiary alicyclic amines) is 1. The molecule has 2 aromatic carbocycles. The van der Waals surface area contributed by atoms with Crippen LogP contribution < -0.4 is 24.6 Å². The van der Waals surface area contributed by atoms with Crippen molar-refractivity contribution in [2.24, 2.45) is 0 Å². The smallest absolute Gasteiger partial charge is 0.283 e. The summed E-state index contributed by atoms with van der Waals surface area (Å²) >= 11 is 0. The minimum Gasteiger partial charge on any atom is -0.497 e. The lowest BCUT2D eigenvalue weighted by atomic mass is 9.96. The van der Waals surface area contributed by atoms with Crippen molar-refractivity contribution in [3.63, 3.8) is 0 Å². The molecule has 2 amide bonds. The van der Waals surface area contributed by atoms with Crippen molar-refractivity contribution < 1.29 is 24.0 Å². The fourth-order valence-corrected chi connectivity index (χ4v) is 4.78. The lowest BCUT2D eigenvalue weighted by Gasteiger charge is -2.42. The number of nitrogens with zero attached hydrogens (tertiary/aromatic N) is 1. The molecule has 0 aliphatic carbocycles. The largest absolute Gasteiger partial charge is 0.497 e. The summed E-state index contributed by atoms with van der Waals surface area (Å²) in [5, 5.41) is 2.92. The summed E-state index contributed by atoms with van der Waals surface area (Å²) in [6.45, 7) is 4.77. The summed E-state index contributed by atoms with van der Waals surface area (Å²) in [4.78, 5) is 29.2. The molecule has 1 fully saturated rings. The third kappa shape index (κ3) is 3.74. The number of amides is 2. The number of ether oxygens (including phenoxy) is 2. The number of anilines is 2. The molecule has 2 heterocycles. The van der Waals surface area contributed by atoms with Crippen LogP contribution in [0, 0.1) is 0 Å². The second-order valence-corrected chi connectivity index (χ2v) is 8.65. The van der Waals surface area contributed by atoms with Crippen molar-refractivity contribution in [1.82, 2.24) is 0 Å². The van der Waals surface area contributed by atoms with Crippen molar-refractivity contribution in [2.45, 2.75) is 38.3 Å². The van der Waals surface area contributed by atoms with Crippen LogP contribution in [0.25, 0.3) is 0 Å². The lowest BCUT2D eigenvalue weighted by Crippen LogP contribution is -3.11. The molecule has 0 radical (unpaired) electrons. The molecule has 0 saturated carbocycles. The third-order valence-electron chi connectivity index (χ3n) is 6.43. The standard InChI is InChI=1S/C24H29N3O4/c1-24(2)23(29)25-18-8-5-6-9-20(18)27(24)22(28)15-26-13-7-10-19(26)17-14-16(30-3)11-12-21(17)31-4/h5-6,8-9,11-12,14,19H,7,10,13,15H2,1-4H3,(H,25,29)/p+1/t19-/m1/s1. The van der Waals surface area contributed by atoms with Crippen molar-refractivity contribution >= 4 is 23.2 Å². The molecule has 0 spiro atoms. The van der Waals surface area contributed by atoms with Gasteiger partial charge in [0.25, 0.3) is 5.91 Å². The van der Waals surface area contributed by atoms with E-state index in [1.54, 1.807) is 33.0 Å². The van der Waals surface area contributed by atoms with Gasteiger partial charge in [-0.3, -0.25) is 14.5 Å². The van der Waals surface area contributed by atoms with Crippen LogP contribution in [0.15, 0.2) is 42.5 Å². The van der Waals surface area contributed by atoms with Gasteiger partial charge in [-0.15, -0.1) is 0 Å². The van der Waals surface area contributed by atoms with E-state index < -0.39 is 5.54 Å². The number of hydrogen-bond donors (Lipinski definition) is 2. The predicted molar refractivity (Wildman–Crippen MR) is 119 cm³/mol. The SMILES string of the molecule is COc1ccc(OC)c([C@H]2CCC[NH+]2CC(=O)N2c3ccccc3NC(=O)C2(C)C)c1. The number of fused-ring (bicyclic) bond motifs is 1. The molecule has 2 aliphatic rings. The maximum atomic E-state index is 13.6. The highest BCUT2D eigenvalue weighted by Gasteiger charge is 2.45. The third-order valence-corrected chi connectivity index (χ3v) is 6.43. The Bertz CT molecular complexity index is 1000. The number of carbonyl (C=O) groups is 2. The molecule has 2 N–H and O–H groups in total. The molecular weight excluding hydrogens is 394 g/mol. The Morgan fingerprint density at radius 1 is 1.19 bits per heavy atom. The van der Waals surface area contributed by atoms with Gasteiger partial charge in [0.05, 0.1) is 37.7 Å². The van der Waals surface area contributed by atoms with Crippen LogP contribution in [0.5, 0.6) is 11.5 Å². The van der Waals surface area contributed by atoms with E-state index in [1.807, 2.05) is 42.5 Å². The Balaban J connectivity index is 1.63. The number of carbonyl (C=O) groups excluding carboxylic acids is 2. The predicted octanol–water partition coefficient (Wildman–Crippen LogP) is 2.19. The van der Waals surface area contributed by atoms with Crippen LogP contribution in [-0.2, 0) is 9.59 Å². The average molecular weight is 425 g/mol. The highest BCUT2D eigenvalue weighted by atomic mass is 16.5. The summed E-state index contributed by atoms with van der Waals surface area (Å²) in [6.07, 6.45) is 1.99. The zero-order valence-electron chi connectivity index (χ0n) is 18.5. The van der Waals surface area contributed by atoms with Crippen LogP contribution in [0.2, 0.25) is 0 Å². The molecule has 1 saturated heterocycles. The zero-order chi connectivity index (χ0) is 22.2. The molecule has 0 aromatic heterocycles. The molecule has 7 heteroatoms. The van der Waals surface area contributed by atoms with Gasteiger partial charge in [-0.05, 0) is 44.2 Å². The Hall–Kier alpha value is -3.06. The number of para-hydroxylation sites is 2. The second-order valence-electron chi connectivity index (χ2n) is 8.65. The minimum atomic E-state index is -0.965. The quantitative estimate of drug-likeness (QED) is 0.772. The molecule has 7 nitrogen and oxygen atoms in total. The highest BCUT2D eigenvalue weighted by molar-refractivity contribution is 6.14. The number of nitrogens with one attached hydrogen (secondary N) is 2. The average Bonchev–Trinajstić information content (AvgIpc) is 3.21. The van der Waals surface area contributed by atoms with E-state index in [2.05, 4.69) is 5.32 Å². The molecule has 164 valence electrons. The Morgan fingerprint density at radius 3 is 2.71 bits per heavy atom. The van der Waals surface area contributed by atoms with Crippen molar-refractivity contribution in [1.29, 1.82) is 0 Å². The second kappa shape index (κ2) is 8.23. The van der Waals surface area contributed by atoms with Crippen LogP contribution in [0.4, 0.5) is 11.4 Å². The van der Waals surface area contributed by atoms with Gasteiger partial charge in [0, 0.05) is 12.8 Å². The topological polar surface area (TPSA) is 72.3 Å². The summed E-state index contributed by atoms with van der Waals surface area (Å²) in [5.41, 5.74) is 1.50. The monoisotopic (exact) mass is 424 g/mol. The van der Waals surface area contributed by atoms with Crippen LogP contribution in [-0.4, -0.2) is 44.7 Å². The van der Waals surface area contributed by atoms with Gasteiger partial charge in [-0.25, -0.2) is 0 Å². The van der Waals surface area contributed by atoms with Gasteiger partial charge < -0.3 is 19.7 Å². The van der Waals surface area contributed by atoms with Crippen LogP contribution >= 0.6 is 0 Å². The fourth-order valence-electron chi connectivity index (χ4n) is 4.78. The van der Waals surface area contributed by atoms with E-state index in [0.717, 1.165) is 42.1 Å². The Kier molecular flexibility index (Phi) is 5.62. The number of benzene rings is 2. The van der Waals surface area contributed by atoms with Gasteiger partial charge in [-0.1, -0.05) is 12.1 Å². The lowest BCUT2D eigenvalue weighted by molar-refractivity contribution is -0.910. The van der Waals surface area contributed by atoms with Crippen LogP contribution in [0.1, 0.15) is 38.3 Å². The minimum absolute atomic E-state index is 0.0592. The first-order chi connectivity index (χ1) is 14.9. The van der Waals surface area contributed by atoms with Gasteiger partial charge in [0.15, 0.2) is 6.54 Å². The van der Waals surface area contributed by atoms with Gasteiger partial charge in [0.1, 0.15) is 23.1 Å². The number of hydrogen-bond acceptors (Lipinski definition) is 4. The molecule has 0 bridgehead atoms. The van der Waals surface area contributed by atoms with E-state index in [1.165, 1.54) is 4.90 Å². The fraction of sp³-hybridized carbons (Fsp3) is 0.417. The van der Waals surface area contributed by atoms with Crippen molar-refractivity contribution in [3.05, 3.63) is 48.0 Å². The normalized spacial score (nSPS) is 21.9. The molecule has 2 aliphatic heterocycles. The zero-order valence-corrected chi connectivity index (χ0v) is 18.5. The Labute approximate surface area is 182 Å². The van der Waals surface area contributed by atoms with Crippen molar-refractivity contribution in [3.8, 4) is 11.5 Å². The van der Waals surface area contributed by atoms with Gasteiger partial charge in [-0.2, -0.15) is 0 Å². The maximum Gasteiger partial charge on any atom is 0.283 e. The summed E-state index contributed by atoms with van der Waals surface area (Å²) in [5.74, 6) is 1.34. The number of quaternary nitrogens is 1. The van der Waals surface area contributed by atoms with Crippen LogP contribution in [0.3, 0.4) is 0 Å². The molecule has 31 heavy (non-hydrogen) atoms. The summed E-state index contributed by atoms with van der Waals surface area (Å²) in [6, 6.07) is 13.4. The first kappa shape index (κ1) is 21.2. The molecule has 2 aromatic rings. The van der Waals surface area contributed by atoms with E-state index in [4.69, 9.17) is 9.47 Å². The number of methoxy groups -OCH3 is 2. The maximum absolute atomic E-state index is 13.6. The first-order valence-electron chi connectivity index (χ1n) is 10.7. The Morgan fingerprint density at radius 2 is 1.97 bits per heavy atom. The molecule has 4 rings (SSSR count). The van der Waals surface area contributed by atoms with E-state index >= 15 is 0 Å². The van der Waals surface area contributed by atoms with E-state index in [9.17, 15) is 9.59 Å². The molecular formula is C24H30N3O4+.